The summed E-state index contributed by atoms with van der Waals surface area (Å²) in [7, 11) is 0. The average Bonchev–Trinajstić information content (AvgIpc) is 2.25. The van der Waals surface area contributed by atoms with E-state index in [1.165, 1.54) is 0 Å². The first-order valence-electron chi connectivity index (χ1n) is 5.94. The molecule has 3 nitrogen and oxygen atoms in total. The number of carbonyl (C=O) groups is 1. The van der Waals surface area contributed by atoms with E-state index in [0.29, 0.717) is 18.5 Å². The van der Waals surface area contributed by atoms with Crippen LogP contribution in [0.2, 0.25) is 0 Å². The number of hydrogen-bond acceptors (Lipinski definition) is 2. The van der Waals surface area contributed by atoms with Crippen molar-refractivity contribution in [2.24, 2.45) is 5.92 Å². The van der Waals surface area contributed by atoms with E-state index in [-0.39, 0.29) is 11.8 Å². The summed E-state index contributed by atoms with van der Waals surface area (Å²) in [6, 6.07) is 9.14. The highest BCUT2D eigenvalue weighted by atomic mass is 16.3. The molecule has 1 amide bonds. The fraction of sp³-hybridized carbons (Fsp3) is 0.500. The van der Waals surface area contributed by atoms with Gasteiger partial charge in [-0.3, -0.25) is 4.79 Å². The molecular weight excluding hydrogens is 214 g/mol. The van der Waals surface area contributed by atoms with Gasteiger partial charge in [-0.25, -0.2) is 0 Å². The lowest BCUT2D eigenvalue weighted by molar-refractivity contribution is 0.0544. The first kappa shape index (κ1) is 13.7. The molecule has 0 aliphatic carbocycles. The molecule has 0 aliphatic rings. The molecule has 0 bridgehead atoms. The fourth-order valence-electron chi connectivity index (χ4n) is 1.88. The Morgan fingerprint density at radius 1 is 1.35 bits per heavy atom. The fourth-order valence-corrected chi connectivity index (χ4v) is 1.88. The third-order valence-electron chi connectivity index (χ3n) is 2.50. The number of carbonyl (C=O) groups excluding carboxylic acids is 1. The van der Waals surface area contributed by atoms with Crippen LogP contribution in [0, 0.1) is 5.92 Å². The van der Waals surface area contributed by atoms with Crippen molar-refractivity contribution in [3.8, 4) is 0 Å². The normalized spacial score (nSPS) is 13.2. The van der Waals surface area contributed by atoms with Crippen LogP contribution in [0.1, 0.15) is 37.6 Å². The van der Waals surface area contributed by atoms with E-state index in [0.717, 1.165) is 0 Å². The predicted molar refractivity (Wildman–Crippen MR) is 68.9 cm³/mol. The summed E-state index contributed by atoms with van der Waals surface area (Å²) in [5.74, 6) is 0.191. The van der Waals surface area contributed by atoms with Gasteiger partial charge in [0.1, 0.15) is 0 Å². The van der Waals surface area contributed by atoms with Gasteiger partial charge in [0.05, 0.1) is 5.60 Å². The average molecular weight is 235 g/mol. The Morgan fingerprint density at radius 2 is 1.94 bits per heavy atom. The maximum Gasteiger partial charge on any atom is 0.251 e. The van der Waals surface area contributed by atoms with Crippen LogP contribution in [-0.4, -0.2) is 23.2 Å². The van der Waals surface area contributed by atoms with E-state index < -0.39 is 5.60 Å². The summed E-state index contributed by atoms with van der Waals surface area (Å²) in [6.07, 6.45) is 0.669. The second-order valence-corrected chi connectivity index (χ2v) is 5.20. The van der Waals surface area contributed by atoms with Crippen molar-refractivity contribution in [3.63, 3.8) is 0 Å². The third-order valence-corrected chi connectivity index (χ3v) is 2.50. The lowest BCUT2D eigenvalue weighted by Gasteiger charge is -2.22. The second-order valence-electron chi connectivity index (χ2n) is 5.20. The third kappa shape index (κ3) is 5.50. The van der Waals surface area contributed by atoms with Gasteiger partial charge in [-0.15, -0.1) is 0 Å². The smallest absolute Gasteiger partial charge is 0.251 e. The van der Waals surface area contributed by atoms with Gasteiger partial charge >= 0.3 is 0 Å². The van der Waals surface area contributed by atoms with Crippen molar-refractivity contribution in [3.05, 3.63) is 35.9 Å². The number of hydrogen-bond donors (Lipinski definition) is 2. The molecule has 2 N–H and O–H groups in total. The van der Waals surface area contributed by atoms with Crippen LogP contribution in [0.25, 0.3) is 0 Å². The summed E-state index contributed by atoms with van der Waals surface area (Å²) in [6.45, 7) is 6.16. The van der Waals surface area contributed by atoms with Crippen molar-refractivity contribution >= 4 is 5.91 Å². The summed E-state index contributed by atoms with van der Waals surface area (Å²) in [4.78, 5) is 11.7. The molecule has 1 rings (SSSR count). The van der Waals surface area contributed by atoms with E-state index in [9.17, 15) is 9.90 Å². The van der Waals surface area contributed by atoms with Gasteiger partial charge in [0, 0.05) is 12.1 Å². The van der Waals surface area contributed by atoms with Crippen LogP contribution in [0.5, 0.6) is 0 Å². The van der Waals surface area contributed by atoms with Crippen LogP contribution in [0.4, 0.5) is 0 Å². The van der Waals surface area contributed by atoms with Crippen molar-refractivity contribution in [1.29, 1.82) is 0 Å². The first-order valence-corrected chi connectivity index (χ1v) is 5.94. The molecular formula is C14H21NO2. The Hall–Kier alpha value is -1.35. The predicted octanol–water partition coefficient (Wildman–Crippen LogP) is 2.21. The van der Waals surface area contributed by atoms with E-state index in [2.05, 4.69) is 5.32 Å². The molecule has 3 heteroatoms. The zero-order valence-electron chi connectivity index (χ0n) is 10.7. The van der Waals surface area contributed by atoms with Gasteiger partial charge in [0.15, 0.2) is 0 Å². The Labute approximate surface area is 103 Å². The molecule has 94 valence electrons. The molecule has 1 aromatic rings. The summed E-state index contributed by atoms with van der Waals surface area (Å²) in [5, 5.41) is 12.5. The highest BCUT2D eigenvalue weighted by Gasteiger charge is 2.17. The SMILES string of the molecule is C[C@@H](CNC(=O)c1ccccc1)CC(C)(C)O. The molecule has 0 heterocycles. The number of benzene rings is 1. The molecule has 0 aliphatic heterocycles. The quantitative estimate of drug-likeness (QED) is 0.822. The first-order chi connectivity index (χ1) is 7.88. The summed E-state index contributed by atoms with van der Waals surface area (Å²) < 4.78 is 0. The molecule has 0 radical (unpaired) electrons. The van der Waals surface area contributed by atoms with Crippen LogP contribution in [0.15, 0.2) is 30.3 Å². The van der Waals surface area contributed by atoms with E-state index in [4.69, 9.17) is 0 Å². The zero-order valence-corrected chi connectivity index (χ0v) is 10.7. The molecule has 1 atom stereocenters. The van der Waals surface area contributed by atoms with Crippen molar-refractivity contribution in [1.82, 2.24) is 5.32 Å². The van der Waals surface area contributed by atoms with Crippen molar-refractivity contribution in [2.45, 2.75) is 32.8 Å². The van der Waals surface area contributed by atoms with Gasteiger partial charge in [-0.2, -0.15) is 0 Å². The highest BCUT2D eigenvalue weighted by molar-refractivity contribution is 5.94. The Kier molecular flexibility index (Phi) is 4.70. The van der Waals surface area contributed by atoms with Crippen LogP contribution in [-0.2, 0) is 0 Å². The lowest BCUT2D eigenvalue weighted by atomic mass is 9.95. The van der Waals surface area contributed by atoms with E-state index in [1.54, 1.807) is 26.0 Å². The highest BCUT2D eigenvalue weighted by Crippen LogP contribution is 2.14. The molecule has 0 saturated carbocycles. The van der Waals surface area contributed by atoms with Crippen LogP contribution >= 0.6 is 0 Å². The number of aliphatic hydroxyl groups is 1. The summed E-state index contributed by atoms with van der Waals surface area (Å²) in [5.41, 5.74) is -0.0142. The topological polar surface area (TPSA) is 49.3 Å². The molecule has 0 saturated heterocycles. The summed E-state index contributed by atoms with van der Waals surface area (Å²) >= 11 is 0. The number of amides is 1. The Morgan fingerprint density at radius 3 is 2.47 bits per heavy atom. The number of rotatable bonds is 5. The minimum absolute atomic E-state index is 0.0619. The monoisotopic (exact) mass is 235 g/mol. The van der Waals surface area contributed by atoms with E-state index >= 15 is 0 Å². The minimum atomic E-state index is -0.684. The molecule has 0 unspecified atom stereocenters. The van der Waals surface area contributed by atoms with Gasteiger partial charge < -0.3 is 10.4 Å². The van der Waals surface area contributed by atoms with Gasteiger partial charge in [0.2, 0.25) is 0 Å². The minimum Gasteiger partial charge on any atom is -0.390 e. The second kappa shape index (κ2) is 5.82. The Bertz CT molecular complexity index is 354. The van der Waals surface area contributed by atoms with Gasteiger partial charge in [-0.1, -0.05) is 25.1 Å². The number of nitrogens with one attached hydrogen (secondary N) is 1. The standard InChI is InChI=1S/C14H21NO2/c1-11(9-14(2,3)17)10-15-13(16)12-7-5-4-6-8-12/h4-8,11,17H,9-10H2,1-3H3,(H,15,16)/t11-/m1/s1. The van der Waals surface area contributed by atoms with Crippen molar-refractivity contribution < 1.29 is 9.90 Å². The molecule has 17 heavy (non-hydrogen) atoms. The van der Waals surface area contributed by atoms with Crippen LogP contribution in [0.3, 0.4) is 0 Å². The van der Waals surface area contributed by atoms with Crippen LogP contribution < -0.4 is 5.32 Å². The Balaban J connectivity index is 2.39. The zero-order chi connectivity index (χ0) is 12.9. The largest absolute Gasteiger partial charge is 0.390 e. The molecule has 0 spiro atoms. The molecule has 0 fully saturated rings. The maximum absolute atomic E-state index is 11.7. The molecule has 0 aromatic heterocycles. The lowest BCUT2D eigenvalue weighted by Crippen LogP contribution is -2.32. The molecule has 1 aromatic carbocycles. The van der Waals surface area contributed by atoms with Gasteiger partial charge in [0.25, 0.3) is 5.91 Å². The van der Waals surface area contributed by atoms with E-state index in [1.807, 2.05) is 25.1 Å². The maximum atomic E-state index is 11.7. The van der Waals surface area contributed by atoms with Crippen molar-refractivity contribution in [2.75, 3.05) is 6.54 Å². The van der Waals surface area contributed by atoms with Gasteiger partial charge in [-0.05, 0) is 38.3 Å².